The van der Waals surface area contributed by atoms with Crippen molar-refractivity contribution >= 4 is 38.8 Å². The fraction of sp³-hybridized carbons (Fsp3) is 0.318. The zero-order valence-electron chi connectivity index (χ0n) is 18.6. The van der Waals surface area contributed by atoms with Crippen molar-refractivity contribution < 1.29 is 22.6 Å². The van der Waals surface area contributed by atoms with Crippen molar-refractivity contribution in [2.45, 2.75) is 31.1 Å². The lowest BCUT2D eigenvalue weighted by atomic mass is 9.92. The van der Waals surface area contributed by atoms with E-state index in [9.17, 15) is 17.9 Å². The van der Waals surface area contributed by atoms with Crippen LogP contribution in [0.1, 0.15) is 26.3 Å². The number of nitrogens with one attached hydrogen (secondary N) is 1. The highest BCUT2D eigenvalue weighted by Crippen LogP contribution is 2.59. The molecule has 1 aliphatic rings. The van der Waals surface area contributed by atoms with Crippen molar-refractivity contribution in [3.05, 3.63) is 53.9 Å². The third-order valence-corrected chi connectivity index (χ3v) is 8.79. The number of hydrogen-bond donors (Lipinski definition) is 4. The summed E-state index contributed by atoms with van der Waals surface area (Å²) in [4.78, 5) is 12.8. The summed E-state index contributed by atoms with van der Waals surface area (Å²) < 4.78 is 54.7. The lowest BCUT2D eigenvalue weighted by molar-refractivity contribution is 0.413. The second-order valence-electron chi connectivity index (χ2n) is 8.64. The Hall–Kier alpha value is -3.02. The maximum Gasteiger partial charge on any atom is 0.157 e. The summed E-state index contributed by atoms with van der Waals surface area (Å²) in [5.41, 5.74) is 5.59. The monoisotopic (exact) mass is 477 g/mol. The van der Waals surface area contributed by atoms with Gasteiger partial charge in [-0.15, -0.1) is 0 Å². The molecule has 0 amide bonds. The van der Waals surface area contributed by atoms with Crippen LogP contribution in [0.25, 0.3) is 10.9 Å². The predicted molar refractivity (Wildman–Crippen MR) is 126 cm³/mol. The van der Waals surface area contributed by atoms with E-state index in [0.717, 1.165) is 6.20 Å². The van der Waals surface area contributed by atoms with Crippen molar-refractivity contribution in [2.75, 3.05) is 18.2 Å². The Balaban J connectivity index is 1.77. The first-order valence-electron chi connectivity index (χ1n) is 10.0. The Morgan fingerprint density at radius 2 is 1.82 bits per heavy atom. The molecule has 3 heterocycles. The number of amidine groups is 1. The summed E-state index contributed by atoms with van der Waals surface area (Å²) in [5.74, 6) is -0.631. The minimum Gasteiger partial charge on any atom is -0.495 e. The molecule has 0 aliphatic carbocycles. The van der Waals surface area contributed by atoms with Crippen molar-refractivity contribution in [3.63, 3.8) is 0 Å². The van der Waals surface area contributed by atoms with Crippen LogP contribution in [0.3, 0.4) is 0 Å². The Bertz CT molecular complexity index is 1280. The molecule has 0 fully saturated rings. The van der Waals surface area contributed by atoms with Gasteiger partial charge < -0.3 is 15.8 Å². The van der Waals surface area contributed by atoms with Gasteiger partial charge in [0.25, 0.3) is 0 Å². The van der Waals surface area contributed by atoms with Gasteiger partial charge >= 0.3 is 0 Å². The molecule has 3 aromatic rings. The molecule has 2 aromatic heterocycles. The number of aromatic nitrogens is 2. The van der Waals surface area contributed by atoms with E-state index in [0.29, 0.717) is 11.4 Å². The molecular formula is C22H25F2N5O3S. The number of hydrogen-bond acceptors (Lipinski definition) is 8. The van der Waals surface area contributed by atoms with Gasteiger partial charge in [-0.25, -0.2) is 18.7 Å². The van der Waals surface area contributed by atoms with Gasteiger partial charge in [0.05, 0.1) is 25.3 Å². The van der Waals surface area contributed by atoms with Crippen LogP contribution in [0.5, 0.6) is 5.75 Å². The molecule has 0 saturated carbocycles. The largest absolute Gasteiger partial charge is 0.495 e. The summed E-state index contributed by atoms with van der Waals surface area (Å²) in [6.45, 7) is 4.80. The van der Waals surface area contributed by atoms with E-state index in [1.54, 1.807) is 20.8 Å². The number of methoxy groups -OCH3 is 1. The molecule has 0 saturated heterocycles. The molecule has 8 nitrogen and oxygen atoms in total. The molecule has 1 atom stereocenters. The van der Waals surface area contributed by atoms with Gasteiger partial charge in [-0.2, -0.15) is 10.6 Å². The Morgan fingerprint density at radius 1 is 1.09 bits per heavy atom. The van der Waals surface area contributed by atoms with Crippen molar-refractivity contribution in [2.24, 2.45) is 10.7 Å². The van der Waals surface area contributed by atoms with Gasteiger partial charge in [-0.05, 0) is 45.0 Å². The van der Waals surface area contributed by atoms with E-state index < -0.39 is 32.5 Å². The molecule has 1 aliphatic heterocycles. The number of anilines is 2. The van der Waals surface area contributed by atoms with E-state index in [-0.39, 0.29) is 33.9 Å². The molecule has 4 rings (SSSR count). The van der Waals surface area contributed by atoms with E-state index in [1.807, 2.05) is 0 Å². The number of halogens is 2. The maximum atomic E-state index is 14.9. The van der Waals surface area contributed by atoms with Crippen LogP contribution < -0.4 is 15.8 Å². The first kappa shape index (κ1) is 23.1. The average Bonchev–Trinajstić information content (AvgIpc) is 2.75. The van der Waals surface area contributed by atoms with E-state index >= 15 is 0 Å². The summed E-state index contributed by atoms with van der Waals surface area (Å²) in [6.07, 6.45) is 2.50. The smallest absolute Gasteiger partial charge is 0.157 e. The highest BCUT2D eigenvalue weighted by molar-refractivity contribution is 8.26. The fourth-order valence-corrected chi connectivity index (χ4v) is 5.48. The molecule has 33 heavy (non-hydrogen) atoms. The number of ether oxygens (including phenoxy) is 1. The lowest BCUT2D eigenvalue weighted by Gasteiger charge is -2.53. The third-order valence-electron chi connectivity index (χ3n) is 5.98. The minimum absolute atomic E-state index is 0.0401. The average molecular weight is 478 g/mol. The van der Waals surface area contributed by atoms with Crippen molar-refractivity contribution in [1.29, 1.82) is 0 Å². The number of fused-ring (bicyclic) bond motifs is 1. The van der Waals surface area contributed by atoms with Crippen LogP contribution in [0.15, 0.2) is 41.7 Å². The Kier molecular flexibility index (Phi) is 5.46. The number of nitrogens with two attached hydrogens (primary N) is 1. The molecule has 5 N–H and O–H groups in total. The Labute approximate surface area is 191 Å². The van der Waals surface area contributed by atoms with E-state index in [4.69, 9.17) is 10.5 Å². The van der Waals surface area contributed by atoms with E-state index in [1.165, 1.54) is 37.6 Å². The maximum absolute atomic E-state index is 14.9. The van der Waals surface area contributed by atoms with E-state index in [2.05, 4.69) is 20.3 Å². The van der Waals surface area contributed by atoms with Gasteiger partial charge in [-0.1, -0.05) is 0 Å². The molecule has 0 radical (unpaired) electrons. The summed E-state index contributed by atoms with van der Waals surface area (Å²) in [7, 11) is -1.76. The SMILES string of the molecule is COc1cnc2c(Nc3ccc(F)c([C@]4(C)CS(O)(O)C(C)(C)C(N)=N4)c3)ncc(F)c2c1. The van der Waals surface area contributed by atoms with Crippen LogP contribution in [0.4, 0.5) is 20.3 Å². The zero-order chi connectivity index (χ0) is 24.2. The number of benzene rings is 1. The quantitative estimate of drug-likeness (QED) is 0.426. The molecule has 0 bridgehead atoms. The zero-order valence-corrected chi connectivity index (χ0v) is 19.4. The number of pyridine rings is 2. The summed E-state index contributed by atoms with van der Waals surface area (Å²) >= 11 is 0. The standard InChI is InChI=1S/C22H25F2N5O3S/c1-21(2)20(25)29-22(3,11-33(21,30)31)15-7-12(5-6-16(15)23)28-19-18-14(17(24)10-27-19)8-13(32-4)9-26-18/h5-10,30-31H,11H2,1-4H3,(H2,25,29)(H,27,28)/t22-/m0/s1. The van der Waals surface area contributed by atoms with Crippen LogP contribution in [-0.4, -0.2) is 42.5 Å². The number of nitrogens with zero attached hydrogens (tertiary/aromatic N) is 3. The highest BCUT2D eigenvalue weighted by Gasteiger charge is 2.49. The third kappa shape index (κ3) is 3.85. The topological polar surface area (TPSA) is 126 Å². The summed E-state index contributed by atoms with van der Waals surface area (Å²) in [5, 5.41) is 3.25. The van der Waals surface area contributed by atoms with Crippen molar-refractivity contribution in [1.82, 2.24) is 9.97 Å². The number of aliphatic imine (C=N–C) groups is 1. The fourth-order valence-electron chi connectivity index (χ4n) is 3.73. The second-order valence-corrected chi connectivity index (χ2v) is 11.3. The molecule has 176 valence electrons. The van der Waals surface area contributed by atoms with Gasteiger partial charge in [0.15, 0.2) is 11.6 Å². The Morgan fingerprint density at radius 3 is 2.48 bits per heavy atom. The number of rotatable bonds is 4. The lowest BCUT2D eigenvalue weighted by Crippen LogP contribution is -2.52. The summed E-state index contributed by atoms with van der Waals surface area (Å²) in [6, 6.07) is 5.73. The first-order chi connectivity index (χ1) is 15.4. The minimum atomic E-state index is -3.21. The molecule has 11 heteroatoms. The normalized spacial score (nSPS) is 22.5. The highest BCUT2D eigenvalue weighted by atomic mass is 32.3. The van der Waals surface area contributed by atoms with Crippen molar-refractivity contribution in [3.8, 4) is 5.75 Å². The molecule has 1 aromatic carbocycles. The van der Waals surface area contributed by atoms with Crippen LogP contribution in [0, 0.1) is 11.6 Å². The first-order valence-corrected chi connectivity index (χ1v) is 11.8. The molecule has 0 unspecified atom stereocenters. The van der Waals surface area contributed by atoms with Gasteiger partial charge in [0.1, 0.15) is 33.2 Å². The molecule has 0 spiro atoms. The van der Waals surface area contributed by atoms with Gasteiger partial charge in [0, 0.05) is 16.6 Å². The van der Waals surface area contributed by atoms with Crippen LogP contribution in [-0.2, 0) is 5.54 Å². The molecular weight excluding hydrogens is 452 g/mol. The van der Waals surface area contributed by atoms with Crippen LogP contribution in [0.2, 0.25) is 0 Å². The van der Waals surface area contributed by atoms with Crippen LogP contribution >= 0.6 is 10.6 Å². The van der Waals surface area contributed by atoms with Gasteiger partial charge in [0.2, 0.25) is 0 Å². The van der Waals surface area contributed by atoms with Gasteiger partial charge in [-0.3, -0.25) is 14.1 Å². The predicted octanol–water partition coefficient (Wildman–Crippen LogP) is 4.78. The second kappa shape index (κ2) is 7.79.